The van der Waals surface area contributed by atoms with E-state index in [0.717, 1.165) is 16.8 Å². The maximum Gasteiger partial charge on any atom is 0.338 e. The lowest BCUT2D eigenvalue weighted by Gasteiger charge is -2.14. The zero-order valence-corrected chi connectivity index (χ0v) is 20.9. The standard InChI is InChI=1S/C31H23N3O5/c1-19(29(35)32-24-15-12-22(13-16-24)30(36)37)39-31(38)23-14-17-25-26(18-23)34-28(21-10-6-3-7-11-21)27(33-25)20-8-4-2-5-9-20/h2-19H,1H3,(H,32,35)(H,36,37). The van der Waals surface area contributed by atoms with E-state index in [2.05, 4.69) is 5.32 Å². The molecule has 0 saturated heterocycles. The first-order valence-corrected chi connectivity index (χ1v) is 12.2. The minimum Gasteiger partial charge on any atom is -0.478 e. The van der Waals surface area contributed by atoms with Crippen LogP contribution in [-0.4, -0.2) is 39.0 Å². The zero-order chi connectivity index (χ0) is 27.4. The molecule has 0 spiro atoms. The number of hydrogen-bond donors (Lipinski definition) is 2. The number of carbonyl (C=O) groups excluding carboxylic acids is 2. The number of esters is 1. The van der Waals surface area contributed by atoms with Gasteiger partial charge in [0.1, 0.15) is 0 Å². The van der Waals surface area contributed by atoms with Gasteiger partial charge in [0.15, 0.2) is 6.10 Å². The number of anilines is 1. The Hall–Kier alpha value is -5.37. The fourth-order valence-electron chi connectivity index (χ4n) is 4.00. The molecule has 39 heavy (non-hydrogen) atoms. The highest BCUT2D eigenvalue weighted by molar-refractivity contribution is 5.99. The first-order valence-electron chi connectivity index (χ1n) is 12.2. The number of ether oxygens (including phenoxy) is 1. The summed E-state index contributed by atoms with van der Waals surface area (Å²) in [6, 6.07) is 30.0. The summed E-state index contributed by atoms with van der Waals surface area (Å²) in [4.78, 5) is 46.2. The number of fused-ring (bicyclic) bond motifs is 1. The van der Waals surface area contributed by atoms with Crippen LogP contribution in [0.4, 0.5) is 5.69 Å². The Labute approximate surface area is 223 Å². The van der Waals surface area contributed by atoms with Crippen LogP contribution in [0.15, 0.2) is 103 Å². The number of carboxylic acid groups (broad SMARTS) is 1. The lowest BCUT2D eigenvalue weighted by molar-refractivity contribution is -0.123. The van der Waals surface area contributed by atoms with E-state index in [1.54, 1.807) is 18.2 Å². The number of carboxylic acids is 1. The Balaban J connectivity index is 1.39. The van der Waals surface area contributed by atoms with Crippen LogP contribution < -0.4 is 5.32 Å². The Morgan fingerprint density at radius 3 is 1.82 bits per heavy atom. The lowest BCUT2D eigenvalue weighted by atomic mass is 10.0. The van der Waals surface area contributed by atoms with Crippen molar-refractivity contribution in [3.63, 3.8) is 0 Å². The van der Waals surface area contributed by atoms with Crippen LogP contribution in [-0.2, 0) is 9.53 Å². The van der Waals surface area contributed by atoms with Gasteiger partial charge in [-0.05, 0) is 49.4 Å². The van der Waals surface area contributed by atoms with E-state index in [0.29, 0.717) is 22.4 Å². The second-order valence-electron chi connectivity index (χ2n) is 8.78. The van der Waals surface area contributed by atoms with Gasteiger partial charge in [0.05, 0.1) is 33.5 Å². The smallest absolute Gasteiger partial charge is 0.338 e. The number of amides is 1. The molecule has 5 aromatic rings. The van der Waals surface area contributed by atoms with E-state index >= 15 is 0 Å². The molecule has 1 amide bonds. The van der Waals surface area contributed by atoms with E-state index in [4.69, 9.17) is 19.8 Å². The van der Waals surface area contributed by atoms with Crippen molar-refractivity contribution in [1.29, 1.82) is 0 Å². The molecule has 8 nitrogen and oxygen atoms in total. The van der Waals surface area contributed by atoms with E-state index in [9.17, 15) is 14.4 Å². The molecular formula is C31H23N3O5. The first kappa shape index (κ1) is 25.3. The highest BCUT2D eigenvalue weighted by Crippen LogP contribution is 2.31. The molecule has 1 heterocycles. The fourth-order valence-corrected chi connectivity index (χ4v) is 4.00. The molecule has 2 N–H and O–H groups in total. The highest BCUT2D eigenvalue weighted by atomic mass is 16.5. The summed E-state index contributed by atoms with van der Waals surface area (Å²) < 4.78 is 5.40. The van der Waals surface area contributed by atoms with Gasteiger partial charge in [-0.3, -0.25) is 4.79 Å². The molecule has 0 bridgehead atoms. The molecule has 0 fully saturated rings. The number of rotatable bonds is 7. The van der Waals surface area contributed by atoms with Crippen molar-refractivity contribution in [2.75, 3.05) is 5.32 Å². The SMILES string of the molecule is CC(OC(=O)c1ccc2nc(-c3ccccc3)c(-c3ccccc3)nc2c1)C(=O)Nc1ccc(C(=O)O)cc1. The average molecular weight is 518 g/mol. The van der Waals surface area contributed by atoms with Gasteiger partial charge in [0, 0.05) is 16.8 Å². The van der Waals surface area contributed by atoms with Gasteiger partial charge < -0.3 is 15.2 Å². The Morgan fingerprint density at radius 1 is 0.718 bits per heavy atom. The fraction of sp³-hybridized carbons (Fsp3) is 0.0645. The van der Waals surface area contributed by atoms with Crippen molar-refractivity contribution in [2.45, 2.75) is 13.0 Å². The molecular weight excluding hydrogens is 494 g/mol. The molecule has 0 aliphatic carbocycles. The molecule has 0 radical (unpaired) electrons. The second kappa shape index (κ2) is 10.9. The van der Waals surface area contributed by atoms with E-state index in [-0.39, 0.29) is 11.1 Å². The molecule has 192 valence electrons. The number of hydrogen-bond acceptors (Lipinski definition) is 6. The number of benzene rings is 4. The minimum atomic E-state index is -1.10. The molecule has 1 unspecified atom stereocenters. The Bertz CT molecular complexity index is 1670. The maximum atomic E-state index is 12.9. The van der Waals surface area contributed by atoms with Crippen LogP contribution >= 0.6 is 0 Å². The average Bonchev–Trinajstić information content (AvgIpc) is 2.97. The van der Waals surface area contributed by atoms with E-state index in [1.165, 1.54) is 31.2 Å². The predicted molar refractivity (Wildman–Crippen MR) is 147 cm³/mol. The first-order chi connectivity index (χ1) is 18.9. The third-order valence-corrected chi connectivity index (χ3v) is 6.05. The second-order valence-corrected chi connectivity index (χ2v) is 8.78. The van der Waals surface area contributed by atoms with Crippen molar-refractivity contribution < 1.29 is 24.2 Å². The summed E-state index contributed by atoms with van der Waals surface area (Å²) in [5.41, 5.74) is 5.06. The molecule has 1 aromatic heterocycles. The molecule has 4 aromatic carbocycles. The van der Waals surface area contributed by atoms with Crippen LogP contribution in [0.5, 0.6) is 0 Å². The third-order valence-electron chi connectivity index (χ3n) is 6.05. The summed E-state index contributed by atoms with van der Waals surface area (Å²) in [5.74, 6) is -2.30. The van der Waals surface area contributed by atoms with Crippen LogP contribution in [0.1, 0.15) is 27.6 Å². The Kier molecular flexibility index (Phi) is 7.09. The van der Waals surface area contributed by atoms with Gasteiger partial charge in [-0.25, -0.2) is 19.6 Å². The zero-order valence-electron chi connectivity index (χ0n) is 20.9. The third kappa shape index (κ3) is 5.65. The summed E-state index contributed by atoms with van der Waals surface area (Å²) in [6.45, 7) is 1.46. The molecule has 0 aliphatic rings. The maximum absolute atomic E-state index is 12.9. The number of nitrogens with one attached hydrogen (secondary N) is 1. The molecule has 0 saturated carbocycles. The van der Waals surface area contributed by atoms with Crippen molar-refractivity contribution in [3.8, 4) is 22.5 Å². The quantitative estimate of drug-likeness (QED) is 0.260. The van der Waals surface area contributed by atoms with Crippen molar-refractivity contribution in [3.05, 3.63) is 114 Å². The molecule has 5 rings (SSSR count). The predicted octanol–water partition coefficient (Wildman–Crippen LogP) is 5.85. The summed E-state index contributed by atoms with van der Waals surface area (Å²) in [5, 5.41) is 11.6. The van der Waals surface area contributed by atoms with Gasteiger partial charge in [0.2, 0.25) is 0 Å². The molecule has 0 aliphatic heterocycles. The Morgan fingerprint density at radius 2 is 1.26 bits per heavy atom. The monoisotopic (exact) mass is 517 g/mol. The topological polar surface area (TPSA) is 118 Å². The molecule has 1 atom stereocenters. The van der Waals surface area contributed by atoms with Gasteiger partial charge in [-0.15, -0.1) is 0 Å². The normalized spacial score (nSPS) is 11.5. The van der Waals surface area contributed by atoms with E-state index in [1.807, 2.05) is 60.7 Å². The van der Waals surface area contributed by atoms with Crippen molar-refractivity contribution in [2.24, 2.45) is 0 Å². The summed E-state index contributed by atoms with van der Waals surface area (Å²) in [6.07, 6.45) is -1.10. The van der Waals surface area contributed by atoms with Gasteiger partial charge >= 0.3 is 11.9 Å². The van der Waals surface area contributed by atoms with Gasteiger partial charge in [-0.1, -0.05) is 60.7 Å². The minimum absolute atomic E-state index is 0.0955. The van der Waals surface area contributed by atoms with Crippen molar-refractivity contribution >= 4 is 34.6 Å². The summed E-state index contributed by atoms with van der Waals surface area (Å²) in [7, 11) is 0. The van der Waals surface area contributed by atoms with Crippen LogP contribution in [0.3, 0.4) is 0 Å². The van der Waals surface area contributed by atoms with Crippen LogP contribution in [0.2, 0.25) is 0 Å². The van der Waals surface area contributed by atoms with Crippen LogP contribution in [0, 0.1) is 0 Å². The largest absolute Gasteiger partial charge is 0.478 e. The number of nitrogens with zero attached hydrogens (tertiary/aromatic N) is 2. The number of carbonyl (C=O) groups is 3. The van der Waals surface area contributed by atoms with Crippen molar-refractivity contribution in [1.82, 2.24) is 9.97 Å². The van der Waals surface area contributed by atoms with Gasteiger partial charge in [-0.2, -0.15) is 0 Å². The summed E-state index contributed by atoms with van der Waals surface area (Å²) >= 11 is 0. The van der Waals surface area contributed by atoms with Crippen LogP contribution in [0.25, 0.3) is 33.5 Å². The number of aromatic carboxylic acids is 1. The molecule has 8 heteroatoms. The lowest BCUT2D eigenvalue weighted by Crippen LogP contribution is -2.30. The van der Waals surface area contributed by atoms with E-state index < -0.39 is 23.9 Å². The number of aromatic nitrogens is 2. The highest BCUT2D eigenvalue weighted by Gasteiger charge is 2.21. The van der Waals surface area contributed by atoms with Gasteiger partial charge in [0.25, 0.3) is 5.91 Å².